The Morgan fingerprint density at radius 3 is 2.07 bits per heavy atom. The molecule has 17 heteroatoms. The molecule has 2 bridgehead atoms. The number of phenols is 1. The molecule has 9 rings (SSSR count). The quantitative estimate of drug-likeness (QED) is 0.0638. The first-order chi connectivity index (χ1) is 36.2. The molecule has 3 aromatic carbocycles. The summed E-state index contributed by atoms with van der Waals surface area (Å²) in [7, 11) is 0. The fraction of sp³-hybridized carbons (Fsp3) is 0.569. The van der Waals surface area contributed by atoms with Crippen molar-refractivity contribution in [2.45, 2.75) is 128 Å². The zero-order chi connectivity index (χ0) is 52.9. The second-order valence-corrected chi connectivity index (χ2v) is 21.6. The second-order valence-electron chi connectivity index (χ2n) is 21.6. The Balaban J connectivity index is 0.648. The lowest BCUT2D eigenvalue weighted by Crippen LogP contribution is -2.78. The number of anilines is 1. The van der Waals surface area contributed by atoms with Crippen LogP contribution in [0.15, 0.2) is 54.1 Å². The van der Waals surface area contributed by atoms with Crippen LogP contribution in [0.2, 0.25) is 0 Å². The van der Waals surface area contributed by atoms with Crippen molar-refractivity contribution in [3.63, 3.8) is 0 Å². The summed E-state index contributed by atoms with van der Waals surface area (Å²) in [6, 6.07) is 15.0. The van der Waals surface area contributed by atoms with E-state index in [2.05, 4.69) is 31.5 Å². The van der Waals surface area contributed by atoms with Crippen LogP contribution >= 0.6 is 0 Å². The molecule has 2 saturated heterocycles. The van der Waals surface area contributed by atoms with Crippen LogP contribution in [0.5, 0.6) is 11.5 Å². The van der Waals surface area contributed by atoms with Gasteiger partial charge in [0.2, 0.25) is 23.6 Å². The van der Waals surface area contributed by atoms with Crippen LogP contribution < -0.4 is 31.3 Å². The zero-order valence-corrected chi connectivity index (χ0v) is 44.2. The van der Waals surface area contributed by atoms with Crippen LogP contribution in [0.25, 0.3) is 5.57 Å². The standard InChI is InChI=1S/C58H77N7O10/c1-5-64(6-2)56(71)41-14-12-39(13-15-41)52(40-19-25-59-26-20-40)51-36(3)28-43(29-37(51)4)62-49(69)34-73-32-47(67)60-23-8-7-9-24-61-48(68)33-74-35-50(70)63-44-18-21-58(72)46-30-42-16-17-45(66)54-53(42)57(58,55(44)75-54)22-27-65(46)31-38-10-11-38/h12-17,28-29,38,44,46,55,59,66,72H,5-11,18-27,30-35H2,1-4H3,(H,60,67)(H,61,68)(H,62,69)(H,63,70)/t44-,46?,55+,57+,58-/m1/s1. The topological polar surface area (TPSA) is 220 Å². The molecule has 3 aliphatic carbocycles. The molecule has 6 aliphatic rings. The van der Waals surface area contributed by atoms with E-state index < -0.39 is 23.2 Å². The molecule has 75 heavy (non-hydrogen) atoms. The lowest BCUT2D eigenvalue weighted by molar-refractivity contribution is -0.192. The van der Waals surface area contributed by atoms with Crippen molar-refractivity contribution in [2.24, 2.45) is 5.92 Å². The Kier molecular flexibility index (Phi) is 17.0. The van der Waals surface area contributed by atoms with Crippen LogP contribution in [-0.4, -0.2) is 152 Å². The molecular weight excluding hydrogens is 955 g/mol. The smallest absolute Gasteiger partial charge is 0.253 e. The third kappa shape index (κ3) is 11.5. The molecule has 0 aromatic heterocycles. The van der Waals surface area contributed by atoms with Gasteiger partial charge in [0.1, 0.15) is 32.5 Å². The van der Waals surface area contributed by atoms with Crippen molar-refractivity contribution in [2.75, 3.05) is 84.1 Å². The number of benzene rings is 3. The maximum atomic E-state index is 13.2. The van der Waals surface area contributed by atoms with Crippen molar-refractivity contribution < 1.29 is 48.4 Å². The number of aromatic hydroxyl groups is 1. The lowest BCUT2D eigenvalue weighted by Gasteiger charge is -2.64. The van der Waals surface area contributed by atoms with Gasteiger partial charge in [0.15, 0.2) is 11.5 Å². The van der Waals surface area contributed by atoms with Gasteiger partial charge in [-0.05, 0) is 188 Å². The highest BCUT2D eigenvalue weighted by Gasteiger charge is 2.73. The summed E-state index contributed by atoms with van der Waals surface area (Å²) in [5.74, 6) is -0.219. The zero-order valence-electron chi connectivity index (χ0n) is 44.2. The summed E-state index contributed by atoms with van der Waals surface area (Å²) < 4.78 is 17.5. The van der Waals surface area contributed by atoms with Gasteiger partial charge in [0.05, 0.1) is 17.1 Å². The summed E-state index contributed by atoms with van der Waals surface area (Å²) in [4.78, 5) is 68.5. The number of nitrogens with one attached hydrogen (secondary N) is 5. The van der Waals surface area contributed by atoms with Gasteiger partial charge in [-0.1, -0.05) is 23.8 Å². The number of ether oxygens (including phenoxy) is 3. The van der Waals surface area contributed by atoms with Gasteiger partial charge in [0, 0.05) is 55.6 Å². The monoisotopic (exact) mass is 1030 g/mol. The summed E-state index contributed by atoms with van der Waals surface area (Å²) in [5, 5.41) is 38.7. The number of aryl methyl sites for hydroxylation is 2. The molecule has 404 valence electrons. The summed E-state index contributed by atoms with van der Waals surface area (Å²) in [6.07, 6.45) is 8.26. The summed E-state index contributed by atoms with van der Waals surface area (Å²) in [5.41, 5.74) is 8.25. The molecule has 7 N–H and O–H groups in total. The summed E-state index contributed by atoms with van der Waals surface area (Å²) in [6.45, 7) is 12.7. The van der Waals surface area contributed by atoms with Crippen LogP contribution in [0.3, 0.4) is 0 Å². The number of hydrogen-bond donors (Lipinski definition) is 7. The number of unbranched alkanes of at least 4 members (excludes halogenated alkanes) is 2. The molecule has 4 fully saturated rings. The fourth-order valence-corrected chi connectivity index (χ4v) is 12.9. The molecule has 1 unspecified atom stereocenters. The molecule has 3 aliphatic heterocycles. The minimum Gasteiger partial charge on any atom is -0.504 e. The Morgan fingerprint density at radius 1 is 0.800 bits per heavy atom. The highest BCUT2D eigenvalue weighted by molar-refractivity contribution is 5.96. The van der Waals surface area contributed by atoms with E-state index in [9.17, 15) is 34.2 Å². The molecule has 2 saturated carbocycles. The average molecular weight is 1030 g/mol. The molecule has 1 spiro atoms. The Bertz CT molecular complexity index is 2620. The van der Waals surface area contributed by atoms with E-state index in [-0.39, 0.29) is 67.8 Å². The predicted molar refractivity (Wildman–Crippen MR) is 285 cm³/mol. The van der Waals surface area contributed by atoms with Gasteiger partial charge in [-0.15, -0.1) is 0 Å². The fourth-order valence-electron chi connectivity index (χ4n) is 12.9. The number of amides is 5. The number of aliphatic hydroxyl groups is 1. The molecule has 3 aromatic rings. The van der Waals surface area contributed by atoms with Crippen molar-refractivity contribution >= 4 is 40.8 Å². The third-order valence-corrected chi connectivity index (χ3v) is 16.6. The molecule has 5 atom stereocenters. The number of hydrogen-bond acceptors (Lipinski definition) is 12. The van der Waals surface area contributed by atoms with Gasteiger partial charge in [-0.3, -0.25) is 28.9 Å². The minimum atomic E-state index is -1.04. The maximum Gasteiger partial charge on any atom is 0.253 e. The van der Waals surface area contributed by atoms with Crippen LogP contribution in [0.1, 0.15) is 122 Å². The number of likely N-dealkylation sites (tertiary alicyclic amines) is 1. The average Bonchev–Trinajstić information content (AvgIpc) is 4.26. The largest absolute Gasteiger partial charge is 0.504 e. The van der Waals surface area contributed by atoms with E-state index in [4.69, 9.17) is 14.2 Å². The number of carbonyl (C=O) groups is 5. The van der Waals surface area contributed by atoms with Crippen LogP contribution in [-0.2, 0) is 40.5 Å². The number of piperidine rings is 2. The van der Waals surface area contributed by atoms with Gasteiger partial charge in [0.25, 0.3) is 5.91 Å². The number of rotatable bonds is 23. The second kappa shape index (κ2) is 23.6. The first kappa shape index (κ1) is 54.0. The lowest BCUT2D eigenvalue weighted by atomic mass is 9.48. The van der Waals surface area contributed by atoms with Gasteiger partial charge >= 0.3 is 0 Å². The molecule has 0 radical (unpaired) electrons. The Morgan fingerprint density at radius 2 is 1.43 bits per heavy atom. The highest BCUT2D eigenvalue weighted by atomic mass is 16.5. The molecule has 17 nitrogen and oxygen atoms in total. The van der Waals surface area contributed by atoms with Crippen molar-refractivity contribution in [1.82, 2.24) is 31.1 Å². The van der Waals surface area contributed by atoms with Gasteiger partial charge < -0.3 is 55.9 Å². The number of phenolic OH excluding ortho intramolecular Hbond substituents is 1. The van der Waals surface area contributed by atoms with Crippen molar-refractivity contribution in [1.29, 1.82) is 0 Å². The number of carbonyl (C=O) groups excluding carboxylic acids is 5. The summed E-state index contributed by atoms with van der Waals surface area (Å²) >= 11 is 0. The normalized spacial score (nSPS) is 23.4. The Labute approximate surface area is 440 Å². The highest BCUT2D eigenvalue weighted by Crippen LogP contribution is 2.65. The van der Waals surface area contributed by atoms with Gasteiger partial charge in [-0.25, -0.2) is 0 Å². The van der Waals surface area contributed by atoms with Gasteiger partial charge in [-0.2, -0.15) is 0 Å². The first-order valence-corrected chi connectivity index (χ1v) is 27.4. The van der Waals surface area contributed by atoms with E-state index in [0.717, 1.165) is 78.8 Å². The van der Waals surface area contributed by atoms with E-state index in [1.807, 2.05) is 75.1 Å². The van der Waals surface area contributed by atoms with E-state index in [1.165, 1.54) is 24.0 Å². The minimum absolute atomic E-state index is 0.0225. The SMILES string of the molecule is CCN(CC)C(=O)c1ccc(C(=C2CCNCC2)c2c(C)cc(NC(=O)COCC(=O)NCCCCCNC(=O)COCC(=O)N[C@@H]3CC[C@@]4(O)C5Cc6ccc(O)c7c6[C@@]4(CCN5CC4CC4)[C@H]3O7)cc2C)cc1. The molecular formula is C58H77N7O10. The number of nitrogens with zero attached hydrogens (tertiary/aromatic N) is 2. The van der Waals surface area contributed by atoms with Crippen molar-refractivity contribution in [3.8, 4) is 11.5 Å². The Hall–Kier alpha value is -5.85. The first-order valence-electron chi connectivity index (χ1n) is 27.4. The van der Waals surface area contributed by atoms with E-state index >= 15 is 0 Å². The molecule has 5 amide bonds. The predicted octanol–water partition coefficient (Wildman–Crippen LogP) is 4.80. The van der Waals surface area contributed by atoms with E-state index in [0.29, 0.717) is 87.6 Å². The van der Waals surface area contributed by atoms with Crippen LogP contribution in [0.4, 0.5) is 5.69 Å². The molecule has 3 heterocycles. The van der Waals surface area contributed by atoms with Crippen molar-refractivity contribution in [3.05, 3.63) is 93.0 Å². The van der Waals surface area contributed by atoms with Crippen LogP contribution in [0, 0.1) is 19.8 Å². The van der Waals surface area contributed by atoms with E-state index in [1.54, 1.807) is 6.07 Å². The maximum absolute atomic E-state index is 13.2. The third-order valence-electron chi connectivity index (χ3n) is 16.6.